The van der Waals surface area contributed by atoms with Crippen molar-refractivity contribution >= 4 is 40.0 Å². The van der Waals surface area contributed by atoms with Crippen molar-refractivity contribution in [2.45, 2.75) is 56.2 Å². The number of benzene rings is 1. The Morgan fingerprint density at radius 2 is 1.81 bits per heavy atom. The van der Waals surface area contributed by atoms with Crippen molar-refractivity contribution in [1.29, 1.82) is 0 Å². The number of aliphatic hydroxyl groups is 1. The number of sulfonamides is 1. The monoisotopic (exact) mass is 496 g/mol. The molecule has 0 atom stereocenters. The van der Waals surface area contributed by atoms with Crippen molar-refractivity contribution in [1.82, 2.24) is 15.4 Å². The van der Waals surface area contributed by atoms with E-state index in [1.807, 2.05) is 6.92 Å². The van der Waals surface area contributed by atoms with E-state index in [1.54, 1.807) is 24.3 Å². The third kappa shape index (κ3) is 7.01. The maximum atomic E-state index is 11.7. The number of guanidine groups is 1. The molecule has 1 saturated carbocycles. The van der Waals surface area contributed by atoms with Gasteiger partial charge in [0.1, 0.15) is 0 Å². The van der Waals surface area contributed by atoms with Crippen molar-refractivity contribution in [3.05, 3.63) is 29.8 Å². The lowest BCUT2D eigenvalue weighted by atomic mass is 9.93. The highest BCUT2D eigenvalue weighted by atomic mass is 127. The minimum atomic E-state index is -3.41. The van der Waals surface area contributed by atoms with Crippen LogP contribution in [-0.4, -0.2) is 45.2 Å². The molecule has 0 aliphatic heterocycles. The van der Waals surface area contributed by atoms with E-state index >= 15 is 0 Å². The van der Waals surface area contributed by atoms with E-state index in [0.717, 1.165) is 43.8 Å². The smallest absolute Gasteiger partial charge is 0.240 e. The van der Waals surface area contributed by atoms with E-state index in [9.17, 15) is 13.5 Å². The van der Waals surface area contributed by atoms with Crippen LogP contribution in [0.5, 0.6) is 0 Å². The summed E-state index contributed by atoms with van der Waals surface area (Å²) >= 11 is 0. The Morgan fingerprint density at radius 1 is 1.19 bits per heavy atom. The number of aliphatic hydroxyl groups excluding tert-OH is 1. The van der Waals surface area contributed by atoms with E-state index in [2.05, 4.69) is 20.3 Å². The van der Waals surface area contributed by atoms with Gasteiger partial charge >= 0.3 is 0 Å². The predicted octanol–water partition coefficient (Wildman–Crippen LogP) is 1.57. The van der Waals surface area contributed by atoms with Gasteiger partial charge in [0.2, 0.25) is 10.0 Å². The SMILES string of the molecule is CCNC(=NCc1ccc(S(=O)(=O)NC)cc1)NC1CCC(O)CC1.I. The van der Waals surface area contributed by atoms with Crippen molar-refractivity contribution in [3.63, 3.8) is 0 Å². The Kier molecular flexibility index (Phi) is 9.83. The van der Waals surface area contributed by atoms with Gasteiger partial charge < -0.3 is 15.7 Å². The molecule has 0 heterocycles. The molecule has 2 rings (SSSR count). The third-order valence-electron chi connectivity index (χ3n) is 4.30. The fraction of sp³-hybridized carbons (Fsp3) is 0.588. The summed E-state index contributed by atoms with van der Waals surface area (Å²) in [5.41, 5.74) is 0.936. The molecule has 0 unspecified atom stereocenters. The molecule has 1 aromatic rings. The van der Waals surface area contributed by atoms with Gasteiger partial charge in [0.15, 0.2) is 5.96 Å². The summed E-state index contributed by atoms with van der Waals surface area (Å²) in [4.78, 5) is 4.82. The predicted molar refractivity (Wildman–Crippen MR) is 114 cm³/mol. The molecular weight excluding hydrogens is 467 g/mol. The molecular formula is C17H29IN4O3S. The minimum Gasteiger partial charge on any atom is -0.393 e. The van der Waals surface area contributed by atoms with Gasteiger partial charge in [-0.2, -0.15) is 0 Å². The van der Waals surface area contributed by atoms with Crippen LogP contribution in [0, 0.1) is 0 Å². The average Bonchev–Trinajstić information content (AvgIpc) is 2.62. The Balaban J connectivity index is 0.00000338. The van der Waals surface area contributed by atoms with Gasteiger partial charge in [-0.05, 0) is 57.4 Å². The summed E-state index contributed by atoms with van der Waals surface area (Å²) in [6.07, 6.45) is 3.33. The topological polar surface area (TPSA) is 103 Å². The summed E-state index contributed by atoms with van der Waals surface area (Å²) in [6, 6.07) is 7.03. The highest BCUT2D eigenvalue weighted by Gasteiger charge is 2.20. The molecule has 0 saturated heterocycles. The zero-order valence-corrected chi connectivity index (χ0v) is 18.4. The summed E-state index contributed by atoms with van der Waals surface area (Å²) in [5.74, 6) is 0.746. The number of hydrogen-bond acceptors (Lipinski definition) is 4. The standard InChI is InChI=1S/C17H28N4O3S.HI/c1-3-19-17(21-14-6-8-15(22)9-7-14)20-12-13-4-10-16(11-5-13)25(23,24)18-2;/h4-5,10-11,14-15,18,22H,3,6-9,12H2,1-2H3,(H2,19,20,21);1H. The molecule has 0 amide bonds. The largest absolute Gasteiger partial charge is 0.393 e. The highest BCUT2D eigenvalue weighted by molar-refractivity contribution is 14.0. The molecule has 9 heteroatoms. The lowest BCUT2D eigenvalue weighted by molar-refractivity contribution is 0.120. The zero-order valence-electron chi connectivity index (χ0n) is 15.2. The number of aliphatic imine (C=N–C) groups is 1. The second-order valence-corrected chi connectivity index (χ2v) is 8.08. The fourth-order valence-electron chi connectivity index (χ4n) is 2.80. The summed E-state index contributed by atoms with van der Waals surface area (Å²) < 4.78 is 25.8. The minimum absolute atomic E-state index is 0. The number of nitrogens with zero attached hydrogens (tertiary/aromatic N) is 1. The summed E-state index contributed by atoms with van der Waals surface area (Å²) in [5, 5.41) is 16.2. The maximum Gasteiger partial charge on any atom is 0.240 e. The van der Waals surface area contributed by atoms with Gasteiger partial charge in [0.05, 0.1) is 17.5 Å². The third-order valence-corrected chi connectivity index (χ3v) is 5.73. The van der Waals surface area contributed by atoms with E-state index in [0.29, 0.717) is 12.6 Å². The van der Waals surface area contributed by atoms with Crippen LogP contribution in [0.4, 0.5) is 0 Å². The van der Waals surface area contributed by atoms with Crippen LogP contribution in [0.2, 0.25) is 0 Å². The van der Waals surface area contributed by atoms with Crippen molar-refractivity contribution in [3.8, 4) is 0 Å². The van der Waals surface area contributed by atoms with Gasteiger partial charge in [-0.3, -0.25) is 0 Å². The van der Waals surface area contributed by atoms with E-state index < -0.39 is 10.0 Å². The van der Waals surface area contributed by atoms with Crippen LogP contribution >= 0.6 is 24.0 Å². The summed E-state index contributed by atoms with van der Waals surface area (Å²) in [6.45, 7) is 3.24. The molecule has 7 nitrogen and oxygen atoms in total. The first-order valence-electron chi connectivity index (χ1n) is 8.70. The molecule has 0 bridgehead atoms. The Bertz CT molecular complexity index is 672. The van der Waals surface area contributed by atoms with Crippen molar-refractivity contribution in [2.24, 2.45) is 4.99 Å². The molecule has 1 aromatic carbocycles. The lowest BCUT2D eigenvalue weighted by Crippen LogP contribution is -2.45. The first-order chi connectivity index (χ1) is 11.9. The molecule has 1 fully saturated rings. The molecule has 1 aliphatic carbocycles. The van der Waals surface area contributed by atoms with Gasteiger partial charge in [-0.15, -0.1) is 24.0 Å². The number of hydrogen-bond donors (Lipinski definition) is 4. The normalized spacial score (nSPS) is 21.0. The first-order valence-corrected chi connectivity index (χ1v) is 10.2. The lowest BCUT2D eigenvalue weighted by Gasteiger charge is -2.27. The Hall–Kier alpha value is -0.910. The molecule has 0 spiro atoms. The highest BCUT2D eigenvalue weighted by Crippen LogP contribution is 2.18. The molecule has 0 aromatic heterocycles. The molecule has 4 N–H and O–H groups in total. The van der Waals surface area contributed by atoms with Crippen LogP contribution < -0.4 is 15.4 Å². The van der Waals surface area contributed by atoms with E-state index in [-0.39, 0.29) is 35.0 Å². The van der Waals surface area contributed by atoms with Crippen LogP contribution in [0.1, 0.15) is 38.2 Å². The fourth-order valence-corrected chi connectivity index (χ4v) is 3.53. The van der Waals surface area contributed by atoms with Crippen LogP contribution in [0.3, 0.4) is 0 Å². The Morgan fingerprint density at radius 3 is 2.35 bits per heavy atom. The zero-order chi connectivity index (χ0) is 18.3. The van der Waals surface area contributed by atoms with Gasteiger partial charge in [-0.25, -0.2) is 18.1 Å². The number of rotatable bonds is 6. The first kappa shape index (κ1) is 23.1. The molecule has 148 valence electrons. The molecule has 1 aliphatic rings. The molecule has 0 radical (unpaired) electrons. The number of nitrogens with one attached hydrogen (secondary N) is 3. The van der Waals surface area contributed by atoms with Gasteiger partial charge in [-0.1, -0.05) is 12.1 Å². The molecule has 26 heavy (non-hydrogen) atoms. The maximum absolute atomic E-state index is 11.7. The Labute approximate surface area is 173 Å². The van der Waals surface area contributed by atoms with Gasteiger partial charge in [0, 0.05) is 12.6 Å². The van der Waals surface area contributed by atoms with E-state index in [4.69, 9.17) is 0 Å². The van der Waals surface area contributed by atoms with Crippen molar-refractivity contribution in [2.75, 3.05) is 13.6 Å². The average molecular weight is 496 g/mol. The van der Waals surface area contributed by atoms with Gasteiger partial charge in [0.25, 0.3) is 0 Å². The second-order valence-electron chi connectivity index (χ2n) is 6.20. The van der Waals surface area contributed by atoms with Crippen LogP contribution in [-0.2, 0) is 16.6 Å². The van der Waals surface area contributed by atoms with Crippen LogP contribution in [0.15, 0.2) is 34.2 Å². The number of halogens is 1. The van der Waals surface area contributed by atoms with Crippen LogP contribution in [0.25, 0.3) is 0 Å². The van der Waals surface area contributed by atoms with E-state index in [1.165, 1.54) is 7.05 Å². The van der Waals surface area contributed by atoms with Crippen molar-refractivity contribution < 1.29 is 13.5 Å². The quantitative estimate of drug-likeness (QED) is 0.272. The second kappa shape index (κ2) is 11.1. The summed E-state index contributed by atoms with van der Waals surface area (Å²) in [7, 11) is -2.01.